The van der Waals surface area contributed by atoms with Crippen LogP contribution in [0.4, 0.5) is 5.69 Å². The number of halogens is 1. The van der Waals surface area contributed by atoms with Gasteiger partial charge in [0.25, 0.3) is 0 Å². The van der Waals surface area contributed by atoms with E-state index >= 15 is 0 Å². The van der Waals surface area contributed by atoms with Crippen LogP contribution in [0.5, 0.6) is 0 Å². The summed E-state index contributed by atoms with van der Waals surface area (Å²) in [5, 5.41) is 4.68. The molecule has 0 radical (unpaired) electrons. The van der Waals surface area contributed by atoms with Gasteiger partial charge < -0.3 is 5.32 Å². The number of piperidine rings is 1. The number of fused-ring (bicyclic) bond motifs is 1. The molecule has 1 aliphatic rings. The molecule has 0 bridgehead atoms. The fourth-order valence-corrected chi connectivity index (χ4v) is 4.62. The van der Waals surface area contributed by atoms with Gasteiger partial charge in [-0.15, -0.1) is 0 Å². The zero-order valence-corrected chi connectivity index (χ0v) is 13.9. The van der Waals surface area contributed by atoms with Crippen LogP contribution >= 0.6 is 15.9 Å². The molecule has 2 aromatic carbocycles. The Bertz CT molecular complexity index is 755. The van der Waals surface area contributed by atoms with Crippen molar-refractivity contribution >= 4 is 42.4 Å². The molecule has 0 aromatic heterocycles. The number of sulfonamides is 1. The third-order valence-electron chi connectivity index (χ3n) is 3.81. The van der Waals surface area contributed by atoms with Gasteiger partial charge in [-0.25, -0.2) is 8.42 Å². The van der Waals surface area contributed by atoms with Gasteiger partial charge in [-0.3, -0.25) is 4.72 Å². The molecule has 1 unspecified atom stereocenters. The summed E-state index contributed by atoms with van der Waals surface area (Å²) in [4.78, 5) is 0. The zero-order valence-electron chi connectivity index (χ0n) is 11.5. The van der Waals surface area contributed by atoms with Crippen molar-refractivity contribution in [2.45, 2.75) is 18.1 Å². The Morgan fingerprint density at radius 2 is 1.90 bits per heavy atom. The van der Waals surface area contributed by atoms with E-state index in [1.165, 1.54) is 0 Å². The molecule has 1 aliphatic heterocycles. The van der Waals surface area contributed by atoms with Gasteiger partial charge in [0, 0.05) is 16.4 Å². The summed E-state index contributed by atoms with van der Waals surface area (Å²) >= 11 is 3.50. The molecule has 21 heavy (non-hydrogen) atoms. The second-order valence-electron chi connectivity index (χ2n) is 5.26. The summed E-state index contributed by atoms with van der Waals surface area (Å²) in [6.45, 7) is 1.41. The molecule has 0 spiro atoms. The largest absolute Gasteiger partial charge is 0.315 e. The zero-order chi connectivity index (χ0) is 14.9. The SMILES string of the molecule is O=S(=O)(Nc1ccc(Br)c2ccccc12)C1CCCNC1. The standard InChI is InChI=1S/C15H17BrN2O2S/c16-14-7-8-15(13-6-2-1-5-12(13)14)18-21(19,20)11-4-3-9-17-10-11/h1-2,5-8,11,17-18H,3-4,9-10H2. The Balaban J connectivity index is 1.96. The van der Waals surface area contributed by atoms with Crippen molar-refractivity contribution in [3.63, 3.8) is 0 Å². The fourth-order valence-electron chi connectivity index (χ4n) is 2.67. The second kappa shape index (κ2) is 5.94. The number of benzene rings is 2. The first kappa shape index (κ1) is 14.8. The van der Waals surface area contributed by atoms with Crippen molar-refractivity contribution in [2.24, 2.45) is 0 Å². The first-order chi connectivity index (χ1) is 10.1. The van der Waals surface area contributed by atoms with Crippen LogP contribution in [0.1, 0.15) is 12.8 Å². The van der Waals surface area contributed by atoms with Gasteiger partial charge in [-0.2, -0.15) is 0 Å². The monoisotopic (exact) mass is 368 g/mol. The average molecular weight is 369 g/mol. The predicted octanol–water partition coefficient (Wildman–Crippen LogP) is 3.10. The van der Waals surface area contributed by atoms with Crippen molar-refractivity contribution in [3.05, 3.63) is 40.9 Å². The second-order valence-corrected chi connectivity index (χ2v) is 8.07. The van der Waals surface area contributed by atoms with Gasteiger partial charge in [0.2, 0.25) is 10.0 Å². The average Bonchev–Trinajstić information content (AvgIpc) is 2.51. The van der Waals surface area contributed by atoms with E-state index in [1.54, 1.807) is 6.07 Å². The van der Waals surface area contributed by atoms with Gasteiger partial charge >= 0.3 is 0 Å². The Morgan fingerprint density at radius 3 is 2.62 bits per heavy atom. The summed E-state index contributed by atoms with van der Waals surface area (Å²) in [6.07, 6.45) is 1.60. The van der Waals surface area contributed by atoms with Gasteiger partial charge in [-0.1, -0.05) is 40.2 Å². The van der Waals surface area contributed by atoms with Crippen molar-refractivity contribution in [1.29, 1.82) is 0 Å². The van der Waals surface area contributed by atoms with Crippen LogP contribution in [-0.2, 0) is 10.0 Å². The highest BCUT2D eigenvalue weighted by Crippen LogP contribution is 2.31. The Labute approximate surface area is 133 Å². The molecule has 1 saturated heterocycles. The lowest BCUT2D eigenvalue weighted by molar-refractivity contribution is 0.499. The van der Waals surface area contributed by atoms with Gasteiger partial charge in [0.15, 0.2) is 0 Å². The molecule has 1 fully saturated rings. The molecule has 1 heterocycles. The number of nitrogens with one attached hydrogen (secondary N) is 2. The van der Waals surface area contributed by atoms with Crippen LogP contribution in [0.2, 0.25) is 0 Å². The molecule has 0 amide bonds. The Hall–Kier alpha value is -1.11. The normalized spacial score (nSPS) is 19.6. The Kier molecular flexibility index (Phi) is 4.19. The van der Waals surface area contributed by atoms with E-state index in [9.17, 15) is 8.42 Å². The summed E-state index contributed by atoms with van der Waals surface area (Å²) in [7, 11) is -3.37. The lowest BCUT2D eigenvalue weighted by Crippen LogP contribution is -2.41. The minimum absolute atomic E-state index is 0.367. The minimum Gasteiger partial charge on any atom is -0.315 e. The highest BCUT2D eigenvalue weighted by Gasteiger charge is 2.27. The van der Waals surface area contributed by atoms with Crippen molar-refractivity contribution in [2.75, 3.05) is 17.8 Å². The summed E-state index contributed by atoms with van der Waals surface area (Å²) in [5.41, 5.74) is 0.638. The van der Waals surface area contributed by atoms with E-state index in [-0.39, 0.29) is 5.25 Å². The molecule has 2 N–H and O–H groups in total. The maximum atomic E-state index is 12.5. The number of rotatable bonds is 3. The number of hydrogen-bond donors (Lipinski definition) is 2. The smallest absolute Gasteiger partial charge is 0.236 e. The topological polar surface area (TPSA) is 58.2 Å². The number of hydrogen-bond acceptors (Lipinski definition) is 3. The molecule has 0 aliphatic carbocycles. The van der Waals surface area contributed by atoms with E-state index in [4.69, 9.17) is 0 Å². The van der Waals surface area contributed by atoms with Gasteiger partial charge in [0.1, 0.15) is 0 Å². The molecule has 3 rings (SSSR count). The van der Waals surface area contributed by atoms with Crippen LogP contribution < -0.4 is 10.0 Å². The summed E-state index contributed by atoms with van der Waals surface area (Å²) < 4.78 is 28.8. The van der Waals surface area contributed by atoms with Crippen molar-refractivity contribution in [3.8, 4) is 0 Å². The highest BCUT2D eigenvalue weighted by atomic mass is 79.9. The molecule has 0 saturated carbocycles. The fraction of sp³-hybridized carbons (Fsp3) is 0.333. The van der Waals surface area contributed by atoms with Gasteiger partial charge in [-0.05, 0) is 36.9 Å². The van der Waals surface area contributed by atoms with Crippen LogP contribution in [0, 0.1) is 0 Å². The first-order valence-corrected chi connectivity index (χ1v) is 9.31. The number of anilines is 1. The molecule has 112 valence electrons. The summed E-state index contributed by atoms with van der Waals surface area (Å²) in [6, 6.07) is 11.4. The van der Waals surface area contributed by atoms with E-state index in [0.717, 1.165) is 28.2 Å². The van der Waals surface area contributed by atoms with E-state index in [2.05, 4.69) is 26.0 Å². The third-order valence-corrected chi connectivity index (χ3v) is 6.29. The van der Waals surface area contributed by atoms with Crippen LogP contribution in [-0.4, -0.2) is 26.8 Å². The highest BCUT2D eigenvalue weighted by molar-refractivity contribution is 9.10. The van der Waals surface area contributed by atoms with E-state index in [0.29, 0.717) is 18.7 Å². The van der Waals surface area contributed by atoms with Crippen molar-refractivity contribution < 1.29 is 8.42 Å². The lowest BCUT2D eigenvalue weighted by Gasteiger charge is -2.23. The Morgan fingerprint density at radius 1 is 1.14 bits per heavy atom. The molecular formula is C15H17BrN2O2S. The summed E-state index contributed by atoms with van der Waals surface area (Å²) in [5.74, 6) is 0. The molecule has 4 nitrogen and oxygen atoms in total. The lowest BCUT2D eigenvalue weighted by atomic mass is 10.1. The van der Waals surface area contributed by atoms with E-state index < -0.39 is 10.0 Å². The first-order valence-electron chi connectivity index (χ1n) is 6.97. The molecule has 1 atom stereocenters. The van der Waals surface area contributed by atoms with E-state index in [1.807, 2.05) is 30.3 Å². The van der Waals surface area contributed by atoms with Crippen LogP contribution in [0.3, 0.4) is 0 Å². The molecule has 6 heteroatoms. The maximum absolute atomic E-state index is 12.5. The quantitative estimate of drug-likeness (QED) is 0.874. The van der Waals surface area contributed by atoms with Gasteiger partial charge in [0.05, 0.1) is 10.9 Å². The predicted molar refractivity (Wildman–Crippen MR) is 90.1 cm³/mol. The molecule has 2 aromatic rings. The van der Waals surface area contributed by atoms with Crippen molar-refractivity contribution in [1.82, 2.24) is 5.32 Å². The van der Waals surface area contributed by atoms with Crippen LogP contribution in [0.25, 0.3) is 10.8 Å². The molecular weight excluding hydrogens is 352 g/mol. The van der Waals surface area contributed by atoms with Crippen LogP contribution in [0.15, 0.2) is 40.9 Å². The third kappa shape index (κ3) is 3.07. The minimum atomic E-state index is -3.37. The maximum Gasteiger partial charge on any atom is 0.236 e.